The molecule has 0 aromatic carbocycles. The van der Waals surface area contributed by atoms with Crippen LogP contribution in [0.4, 0.5) is 0 Å². The zero-order valence-corrected chi connectivity index (χ0v) is 19.0. The summed E-state index contributed by atoms with van der Waals surface area (Å²) in [5, 5.41) is 0. The molecule has 0 aromatic heterocycles. The van der Waals surface area contributed by atoms with Gasteiger partial charge in [0, 0.05) is 0 Å². The Kier molecular flexibility index (Phi) is 8.65. The van der Waals surface area contributed by atoms with Gasteiger partial charge in [-0.1, -0.05) is 128 Å². The van der Waals surface area contributed by atoms with Crippen LogP contribution in [0.2, 0.25) is 0 Å². The van der Waals surface area contributed by atoms with Gasteiger partial charge in [0.25, 0.3) is 0 Å². The van der Waals surface area contributed by atoms with Crippen LogP contribution in [0.15, 0.2) is 0 Å². The standard InChI is InChI=1S/C28H50/c1-5-13-23(14-6-1)27(24-15-7-2-8-16-24)21-22-28(25-17-9-3-10-18-25)26-19-11-4-12-20-26/h23-28H,1-22H2. The molecule has 0 atom stereocenters. The minimum atomic E-state index is 1.11. The summed E-state index contributed by atoms with van der Waals surface area (Å²) in [6.45, 7) is 0. The Morgan fingerprint density at radius 1 is 0.321 bits per heavy atom. The zero-order valence-electron chi connectivity index (χ0n) is 19.0. The summed E-state index contributed by atoms with van der Waals surface area (Å²) in [5.41, 5.74) is 0. The normalized spacial score (nSPS) is 27.6. The van der Waals surface area contributed by atoms with E-state index in [9.17, 15) is 0 Å². The van der Waals surface area contributed by atoms with E-state index in [1.54, 1.807) is 116 Å². The Hall–Kier alpha value is 0. The van der Waals surface area contributed by atoms with Gasteiger partial charge in [0.15, 0.2) is 0 Å². The van der Waals surface area contributed by atoms with Gasteiger partial charge in [0.1, 0.15) is 0 Å². The van der Waals surface area contributed by atoms with Crippen LogP contribution in [-0.4, -0.2) is 0 Å². The van der Waals surface area contributed by atoms with E-state index in [1.165, 1.54) is 25.7 Å². The second-order valence-corrected chi connectivity index (χ2v) is 11.5. The quantitative estimate of drug-likeness (QED) is 0.409. The highest BCUT2D eigenvalue weighted by Crippen LogP contribution is 2.46. The van der Waals surface area contributed by atoms with Gasteiger partial charge >= 0.3 is 0 Å². The fourth-order valence-electron chi connectivity index (χ4n) is 8.35. The van der Waals surface area contributed by atoms with E-state index in [-0.39, 0.29) is 0 Å². The molecule has 4 aliphatic rings. The topological polar surface area (TPSA) is 0 Å². The van der Waals surface area contributed by atoms with Crippen LogP contribution < -0.4 is 0 Å². The molecule has 0 spiro atoms. The third kappa shape index (κ3) is 5.78. The third-order valence-electron chi connectivity index (χ3n) is 9.85. The SMILES string of the molecule is C1CCC(C(CCC(C2CCCCC2)C2CCCCC2)C2CCCCC2)CC1. The molecule has 0 saturated heterocycles. The molecule has 28 heavy (non-hydrogen) atoms. The molecule has 0 unspecified atom stereocenters. The molecule has 0 nitrogen and oxygen atoms in total. The molecule has 0 aromatic rings. The summed E-state index contributed by atoms with van der Waals surface area (Å²) in [4.78, 5) is 0. The lowest BCUT2D eigenvalue weighted by molar-refractivity contribution is 0.0906. The van der Waals surface area contributed by atoms with Crippen molar-refractivity contribution in [2.75, 3.05) is 0 Å². The predicted molar refractivity (Wildman–Crippen MR) is 123 cm³/mol. The average Bonchev–Trinajstić information content (AvgIpc) is 2.79. The van der Waals surface area contributed by atoms with Crippen LogP contribution in [0.5, 0.6) is 0 Å². The van der Waals surface area contributed by atoms with E-state index in [0.29, 0.717) is 0 Å². The van der Waals surface area contributed by atoms with Crippen molar-refractivity contribution in [3.8, 4) is 0 Å². The highest BCUT2D eigenvalue weighted by molar-refractivity contribution is 4.86. The Bertz CT molecular complexity index is 326. The third-order valence-corrected chi connectivity index (χ3v) is 9.85. The molecule has 0 bridgehead atoms. The number of hydrogen-bond donors (Lipinski definition) is 0. The molecule has 4 aliphatic carbocycles. The number of hydrogen-bond acceptors (Lipinski definition) is 0. The molecular weight excluding hydrogens is 336 g/mol. The van der Waals surface area contributed by atoms with Gasteiger partial charge in [0.05, 0.1) is 0 Å². The largest absolute Gasteiger partial charge is 0.0533 e. The van der Waals surface area contributed by atoms with Gasteiger partial charge in [-0.3, -0.25) is 0 Å². The zero-order chi connectivity index (χ0) is 19.0. The fraction of sp³-hybridized carbons (Fsp3) is 1.00. The molecule has 0 heteroatoms. The Morgan fingerprint density at radius 3 is 0.750 bits per heavy atom. The first-order chi connectivity index (χ1) is 13.9. The van der Waals surface area contributed by atoms with Gasteiger partial charge in [-0.2, -0.15) is 0 Å². The molecule has 0 radical (unpaired) electrons. The smallest absolute Gasteiger partial charge is 0.0357 e. The molecule has 0 aliphatic heterocycles. The predicted octanol–water partition coefficient (Wildman–Crippen LogP) is 9.32. The molecule has 4 fully saturated rings. The lowest BCUT2D eigenvalue weighted by Crippen LogP contribution is -2.31. The first-order valence-electron chi connectivity index (χ1n) is 13.9. The van der Waals surface area contributed by atoms with Crippen molar-refractivity contribution in [2.24, 2.45) is 35.5 Å². The van der Waals surface area contributed by atoms with Crippen LogP contribution in [0.25, 0.3) is 0 Å². The van der Waals surface area contributed by atoms with Crippen LogP contribution in [0.1, 0.15) is 141 Å². The highest BCUT2D eigenvalue weighted by atomic mass is 14.4. The molecule has 0 amide bonds. The van der Waals surface area contributed by atoms with E-state index >= 15 is 0 Å². The van der Waals surface area contributed by atoms with Gasteiger partial charge in [-0.15, -0.1) is 0 Å². The van der Waals surface area contributed by atoms with Crippen molar-refractivity contribution in [3.63, 3.8) is 0 Å². The fourth-order valence-corrected chi connectivity index (χ4v) is 8.35. The van der Waals surface area contributed by atoms with Gasteiger partial charge in [-0.05, 0) is 48.3 Å². The van der Waals surface area contributed by atoms with Gasteiger partial charge in [0.2, 0.25) is 0 Å². The lowest BCUT2D eigenvalue weighted by Gasteiger charge is -2.42. The first kappa shape index (κ1) is 21.2. The van der Waals surface area contributed by atoms with Crippen LogP contribution in [0.3, 0.4) is 0 Å². The first-order valence-corrected chi connectivity index (χ1v) is 13.9. The lowest BCUT2D eigenvalue weighted by atomic mass is 9.64. The summed E-state index contributed by atoms with van der Waals surface area (Å²) in [7, 11) is 0. The van der Waals surface area contributed by atoms with Crippen molar-refractivity contribution in [1.82, 2.24) is 0 Å². The number of rotatable bonds is 7. The molecule has 162 valence electrons. The van der Waals surface area contributed by atoms with Crippen LogP contribution in [-0.2, 0) is 0 Å². The maximum Gasteiger partial charge on any atom is -0.0357 e. The molecule has 4 saturated carbocycles. The van der Waals surface area contributed by atoms with Gasteiger partial charge < -0.3 is 0 Å². The van der Waals surface area contributed by atoms with E-state index < -0.39 is 0 Å². The van der Waals surface area contributed by atoms with E-state index in [0.717, 1.165) is 35.5 Å². The average molecular weight is 387 g/mol. The minimum absolute atomic E-state index is 1.11. The summed E-state index contributed by atoms with van der Waals surface area (Å²) < 4.78 is 0. The minimum Gasteiger partial charge on any atom is -0.0533 e. The Balaban J connectivity index is 1.41. The van der Waals surface area contributed by atoms with E-state index in [1.807, 2.05) is 0 Å². The van der Waals surface area contributed by atoms with Crippen molar-refractivity contribution in [1.29, 1.82) is 0 Å². The maximum atomic E-state index is 1.62. The molecule has 0 N–H and O–H groups in total. The summed E-state index contributed by atoms with van der Waals surface area (Å²) >= 11 is 0. The van der Waals surface area contributed by atoms with Crippen molar-refractivity contribution in [3.05, 3.63) is 0 Å². The van der Waals surface area contributed by atoms with Gasteiger partial charge in [-0.25, -0.2) is 0 Å². The summed E-state index contributed by atoms with van der Waals surface area (Å²) in [6.07, 6.45) is 34.4. The van der Waals surface area contributed by atoms with Crippen molar-refractivity contribution >= 4 is 0 Å². The second-order valence-electron chi connectivity index (χ2n) is 11.5. The van der Waals surface area contributed by atoms with E-state index in [2.05, 4.69) is 0 Å². The summed E-state index contributed by atoms with van der Waals surface area (Å²) in [5.74, 6) is 6.64. The van der Waals surface area contributed by atoms with Crippen LogP contribution in [0, 0.1) is 35.5 Å². The monoisotopic (exact) mass is 386 g/mol. The van der Waals surface area contributed by atoms with Crippen molar-refractivity contribution < 1.29 is 0 Å². The maximum absolute atomic E-state index is 1.62. The molecular formula is C28H50. The highest BCUT2D eigenvalue weighted by Gasteiger charge is 2.35. The Morgan fingerprint density at radius 2 is 0.536 bits per heavy atom. The Labute approximate surface area is 177 Å². The summed E-state index contributed by atoms with van der Waals surface area (Å²) in [6, 6.07) is 0. The van der Waals surface area contributed by atoms with E-state index in [4.69, 9.17) is 0 Å². The second kappa shape index (κ2) is 11.4. The van der Waals surface area contributed by atoms with Crippen LogP contribution >= 0.6 is 0 Å². The molecule has 4 rings (SSSR count). The molecule has 0 heterocycles. The van der Waals surface area contributed by atoms with Crippen molar-refractivity contribution in [2.45, 2.75) is 141 Å².